The molecule has 0 aliphatic carbocycles. The Balaban J connectivity index is 1.21. The van der Waals surface area contributed by atoms with Crippen molar-refractivity contribution in [1.29, 1.82) is 0 Å². The number of nitrogens with one attached hydrogen (secondary N) is 1. The van der Waals surface area contributed by atoms with Crippen LogP contribution in [0, 0.1) is 0 Å². The van der Waals surface area contributed by atoms with Crippen molar-refractivity contribution >= 4 is 39.2 Å². The van der Waals surface area contributed by atoms with Crippen LogP contribution in [0.2, 0.25) is 0 Å². The molecule has 0 radical (unpaired) electrons. The van der Waals surface area contributed by atoms with E-state index in [-0.39, 0.29) is 24.8 Å². The number of thiazole rings is 1. The van der Waals surface area contributed by atoms with E-state index >= 15 is 0 Å². The molecule has 0 fully saturated rings. The number of anilines is 1. The lowest BCUT2D eigenvalue weighted by Gasteiger charge is -2.05. The molecule has 0 atom stereocenters. The van der Waals surface area contributed by atoms with E-state index < -0.39 is 5.76 Å². The van der Waals surface area contributed by atoms with Gasteiger partial charge < -0.3 is 9.73 Å². The predicted molar refractivity (Wildman–Crippen MR) is 116 cm³/mol. The summed E-state index contributed by atoms with van der Waals surface area (Å²) in [4.78, 5) is 30.5. The second kappa shape index (κ2) is 7.73. The monoisotopic (exact) mass is 437 g/mol. The van der Waals surface area contributed by atoms with Crippen LogP contribution in [0.3, 0.4) is 0 Å². The topological polar surface area (TPSA) is 94.4 Å². The Hall–Kier alpha value is -3.50. The van der Waals surface area contributed by atoms with Crippen LogP contribution in [0.4, 0.5) is 5.69 Å². The lowest BCUT2D eigenvalue weighted by atomic mass is 10.1. The highest BCUT2D eigenvalue weighted by molar-refractivity contribution is 7.15. The van der Waals surface area contributed by atoms with Crippen molar-refractivity contribution < 1.29 is 9.21 Å². The summed E-state index contributed by atoms with van der Waals surface area (Å²) in [5, 5.41) is 10.8. The molecule has 150 valence electrons. The van der Waals surface area contributed by atoms with E-state index in [1.54, 1.807) is 11.3 Å². The van der Waals surface area contributed by atoms with Gasteiger partial charge in [-0.2, -0.15) is 4.68 Å². The van der Waals surface area contributed by atoms with E-state index in [1.807, 2.05) is 64.0 Å². The molecule has 10 heteroatoms. The highest BCUT2D eigenvalue weighted by atomic mass is 32.1. The molecule has 1 amide bonds. The van der Waals surface area contributed by atoms with Crippen LogP contribution >= 0.6 is 22.7 Å². The van der Waals surface area contributed by atoms with Crippen LogP contribution in [0.1, 0.15) is 6.42 Å². The van der Waals surface area contributed by atoms with Crippen molar-refractivity contribution in [3.63, 3.8) is 0 Å². The second-order valence-corrected chi connectivity index (χ2v) is 8.29. The Morgan fingerprint density at radius 3 is 2.77 bits per heavy atom. The second-order valence-electron chi connectivity index (χ2n) is 6.47. The standard InChI is InChI=1S/C20H15N5O3S2/c26-17(7-8-25-20(27)28-18(23-25)16-2-1-10-29-16)21-14-5-3-13(4-6-14)15-12-24-9-11-30-19(24)22-15/h1-6,9-12H,7-8H2,(H,21,26). The minimum atomic E-state index is -0.574. The lowest BCUT2D eigenvalue weighted by molar-refractivity contribution is -0.116. The first-order chi connectivity index (χ1) is 14.7. The van der Waals surface area contributed by atoms with Crippen LogP contribution in [-0.2, 0) is 11.3 Å². The van der Waals surface area contributed by atoms with Crippen LogP contribution < -0.4 is 11.1 Å². The van der Waals surface area contributed by atoms with Gasteiger partial charge in [-0.3, -0.25) is 9.20 Å². The molecule has 8 nitrogen and oxygen atoms in total. The number of hydrogen-bond acceptors (Lipinski definition) is 7. The van der Waals surface area contributed by atoms with E-state index in [2.05, 4.69) is 15.4 Å². The molecule has 5 aromatic rings. The van der Waals surface area contributed by atoms with E-state index in [0.717, 1.165) is 21.1 Å². The molecular formula is C20H15N5O3S2. The fourth-order valence-corrected chi connectivity index (χ4v) is 4.31. The average molecular weight is 438 g/mol. The Labute approximate surface area is 178 Å². The largest absolute Gasteiger partial charge is 0.437 e. The van der Waals surface area contributed by atoms with Gasteiger partial charge in [0.2, 0.25) is 5.91 Å². The Bertz CT molecular complexity index is 1330. The highest BCUT2D eigenvalue weighted by Gasteiger charge is 2.12. The van der Waals surface area contributed by atoms with Crippen molar-refractivity contribution in [3.05, 3.63) is 70.1 Å². The number of hydrogen-bond donors (Lipinski definition) is 1. The Morgan fingerprint density at radius 1 is 1.13 bits per heavy atom. The normalized spacial score (nSPS) is 11.2. The molecule has 0 saturated heterocycles. The van der Waals surface area contributed by atoms with Gasteiger partial charge >= 0.3 is 5.76 Å². The van der Waals surface area contributed by atoms with Gasteiger partial charge in [0.1, 0.15) is 0 Å². The molecule has 0 unspecified atom stereocenters. The Morgan fingerprint density at radius 2 is 2.00 bits per heavy atom. The van der Waals surface area contributed by atoms with E-state index in [0.29, 0.717) is 5.69 Å². The zero-order valence-corrected chi connectivity index (χ0v) is 17.2. The molecular weight excluding hydrogens is 422 g/mol. The SMILES string of the molecule is O=C(CCn1nc(-c2cccs2)oc1=O)Nc1ccc(-c2cn3ccsc3n2)cc1. The van der Waals surface area contributed by atoms with Crippen molar-refractivity contribution in [3.8, 4) is 22.0 Å². The number of imidazole rings is 1. The third-order valence-electron chi connectivity index (χ3n) is 4.45. The number of nitrogens with zero attached hydrogens (tertiary/aromatic N) is 4. The number of aromatic nitrogens is 4. The third kappa shape index (κ3) is 3.70. The third-order valence-corrected chi connectivity index (χ3v) is 6.08. The van der Waals surface area contributed by atoms with Gasteiger partial charge in [0.25, 0.3) is 5.89 Å². The van der Waals surface area contributed by atoms with Gasteiger partial charge in [0, 0.05) is 35.4 Å². The fraction of sp³-hybridized carbons (Fsp3) is 0.100. The van der Waals surface area contributed by atoms with Gasteiger partial charge in [-0.1, -0.05) is 18.2 Å². The minimum Gasteiger partial charge on any atom is -0.387 e. The smallest absolute Gasteiger partial charge is 0.387 e. The first kappa shape index (κ1) is 18.5. The maximum atomic E-state index is 12.3. The van der Waals surface area contributed by atoms with Gasteiger partial charge in [-0.25, -0.2) is 9.78 Å². The molecule has 4 aromatic heterocycles. The molecule has 0 aliphatic rings. The van der Waals surface area contributed by atoms with Crippen molar-refractivity contribution in [2.45, 2.75) is 13.0 Å². The first-order valence-electron chi connectivity index (χ1n) is 9.10. The molecule has 0 bridgehead atoms. The number of thiophene rings is 1. The number of carbonyl (C=O) groups is 1. The summed E-state index contributed by atoms with van der Waals surface area (Å²) in [5.41, 5.74) is 2.53. The molecule has 0 aliphatic heterocycles. The summed E-state index contributed by atoms with van der Waals surface area (Å²) in [6, 6.07) is 11.2. The molecule has 5 rings (SSSR count). The zero-order valence-electron chi connectivity index (χ0n) is 15.5. The maximum Gasteiger partial charge on any atom is 0.437 e. The summed E-state index contributed by atoms with van der Waals surface area (Å²) in [7, 11) is 0. The summed E-state index contributed by atoms with van der Waals surface area (Å²) in [5.74, 6) is -0.515. The van der Waals surface area contributed by atoms with Gasteiger partial charge in [-0.05, 0) is 23.6 Å². The number of carbonyl (C=O) groups excluding carboxylic acids is 1. The van der Waals surface area contributed by atoms with Gasteiger partial charge in [0.15, 0.2) is 4.96 Å². The van der Waals surface area contributed by atoms with Crippen LogP contribution in [0.5, 0.6) is 0 Å². The Kier molecular flexibility index (Phi) is 4.77. The maximum absolute atomic E-state index is 12.3. The number of fused-ring (bicyclic) bond motifs is 1. The summed E-state index contributed by atoms with van der Waals surface area (Å²) in [6.07, 6.45) is 4.05. The quantitative estimate of drug-likeness (QED) is 0.434. The zero-order chi connectivity index (χ0) is 20.5. The average Bonchev–Trinajstić information content (AvgIpc) is 3.51. The van der Waals surface area contributed by atoms with Crippen molar-refractivity contribution in [2.75, 3.05) is 5.32 Å². The molecule has 30 heavy (non-hydrogen) atoms. The van der Waals surface area contributed by atoms with E-state index in [4.69, 9.17) is 4.42 Å². The summed E-state index contributed by atoms with van der Waals surface area (Å²) in [6.45, 7) is 0.142. The van der Waals surface area contributed by atoms with Crippen molar-refractivity contribution in [2.24, 2.45) is 0 Å². The van der Waals surface area contributed by atoms with Crippen molar-refractivity contribution in [1.82, 2.24) is 19.2 Å². The van der Waals surface area contributed by atoms with Crippen LogP contribution in [-0.4, -0.2) is 25.1 Å². The molecule has 4 heterocycles. The van der Waals surface area contributed by atoms with E-state index in [9.17, 15) is 9.59 Å². The van der Waals surface area contributed by atoms with Crippen LogP contribution in [0.25, 0.3) is 27.0 Å². The highest BCUT2D eigenvalue weighted by Crippen LogP contribution is 2.23. The first-order valence-corrected chi connectivity index (χ1v) is 10.9. The minimum absolute atomic E-state index is 0.107. The number of amides is 1. The van der Waals surface area contributed by atoms with E-state index in [1.165, 1.54) is 16.0 Å². The van der Waals surface area contributed by atoms with Gasteiger partial charge in [-0.15, -0.1) is 27.8 Å². The summed E-state index contributed by atoms with van der Waals surface area (Å²) < 4.78 is 8.30. The number of benzene rings is 1. The molecule has 0 spiro atoms. The predicted octanol–water partition coefficient (Wildman–Crippen LogP) is 3.97. The molecule has 1 N–H and O–H groups in total. The summed E-state index contributed by atoms with van der Waals surface area (Å²) >= 11 is 3.01. The fourth-order valence-electron chi connectivity index (χ4n) is 2.97. The van der Waals surface area contributed by atoms with Gasteiger partial charge in [0.05, 0.1) is 17.1 Å². The van der Waals surface area contributed by atoms with Crippen LogP contribution in [0.15, 0.2) is 68.8 Å². The molecule has 0 saturated carbocycles. The number of rotatable bonds is 6. The molecule has 1 aromatic carbocycles. The number of aryl methyl sites for hydroxylation is 1. The lowest BCUT2D eigenvalue weighted by Crippen LogP contribution is -2.20.